The summed E-state index contributed by atoms with van der Waals surface area (Å²) in [6.07, 6.45) is 0. The van der Waals surface area contributed by atoms with Crippen molar-refractivity contribution in [1.82, 2.24) is 0 Å². The van der Waals surface area contributed by atoms with Gasteiger partial charge in [-0.2, -0.15) is 0 Å². The van der Waals surface area contributed by atoms with Gasteiger partial charge in [-0.3, -0.25) is 28.8 Å². The molecule has 11 aromatic carbocycles. The molecule has 402 valence electrons. The Bertz CT molecular complexity index is 4670. The van der Waals surface area contributed by atoms with E-state index in [-0.39, 0.29) is 44.4 Å². The first-order valence-electron chi connectivity index (χ1n) is 26.5. The van der Waals surface area contributed by atoms with Crippen molar-refractivity contribution in [2.24, 2.45) is 0 Å². The zero-order valence-electron chi connectivity index (χ0n) is 44.1. The average molecular weight is 1100 g/mol. The molecular formula is C72H42O12. The summed E-state index contributed by atoms with van der Waals surface area (Å²) in [7, 11) is 0. The molecule has 0 aliphatic heterocycles. The quantitative estimate of drug-likeness (QED) is 0.132. The van der Waals surface area contributed by atoms with Gasteiger partial charge in [0, 0.05) is 77.5 Å². The Morgan fingerprint density at radius 1 is 0.226 bits per heavy atom. The van der Waals surface area contributed by atoms with E-state index >= 15 is 0 Å². The van der Waals surface area contributed by atoms with E-state index in [1.54, 1.807) is 255 Å². The molecule has 8 aromatic heterocycles. The van der Waals surface area contributed by atoms with E-state index in [4.69, 9.17) is 27.1 Å². The van der Waals surface area contributed by atoms with Crippen molar-refractivity contribution in [1.29, 1.82) is 0 Å². The summed E-state index contributed by atoms with van der Waals surface area (Å²) in [5.74, 6) is 1.37. The number of rotatable bonds is 8. The van der Waals surface area contributed by atoms with Gasteiger partial charge in [-0.05, 0) is 206 Å². The lowest BCUT2D eigenvalue weighted by Crippen LogP contribution is -2.01. The SMILES string of the molecule is O=C(c1ccc(Oc2ccc(Oc3ccc(C(=O)c4cc5cc(c4)oc4ccc(cc4)c(=O)c4cccc(c4)c(=O)c4ccc(cc4)o5)cc3)cc2)cc1)c1cc2cc(c1)oc1ccc(cc1)c(=O)c1cccc(c1)c(=O)c1ccc(cc1)o2. The van der Waals surface area contributed by atoms with E-state index in [1.165, 1.54) is 0 Å². The number of ether oxygens (including phenoxy) is 2. The van der Waals surface area contributed by atoms with Crippen LogP contribution in [0.2, 0.25) is 0 Å². The third kappa shape index (κ3) is 11.1. The highest BCUT2D eigenvalue weighted by molar-refractivity contribution is 6.11. The Morgan fingerprint density at radius 2 is 0.464 bits per heavy atom. The highest BCUT2D eigenvalue weighted by atomic mass is 16.5. The van der Waals surface area contributed by atoms with Crippen LogP contribution in [0.3, 0.4) is 0 Å². The van der Waals surface area contributed by atoms with Crippen molar-refractivity contribution < 1.29 is 36.7 Å². The van der Waals surface area contributed by atoms with Crippen LogP contribution in [0.1, 0.15) is 31.8 Å². The van der Waals surface area contributed by atoms with Crippen LogP contribution in [0.25, 0.3) is 87.8 Å². The van der Waals surface area contributed by atoms with Gasteiger partial charge < -0.3 is 27.1 Å². The van der Waals surface area contributed by atoms with Gasteiger partial charge >= 0.3 is 0 Å². The smallest absolute Gasteiger partial charge is 0.193 e. The molecule has 84 heavy (non-hydrogen) atoms. The molecule has 0 spiro atoms. The molecule has 0 atom stereocenters. The summed E-state index contributed by atoms with van der Waals surface area (Å²) >= 11 is 0. The largest absolute Gasteiger partial charge is 0.457 e. The zero-order chi connectivity index (χ0) is 57.3. The van der Waals surface area contributed by atoms with Gasteiger partial charge in [-0.25, -0.2) is 0 Å². The van der Waals surface area contributed by atoms with Crippen LogP contribution in [0.15, 0.2) is 292 Å². The molecule has 0 fully saturated rings. The predicted octanol–water partition coefficient (Wildman–Crippen LogP) is 16.1. The molecule has 0 aliphatic carbocycles. The lowest BCUT2D eigenvalue weighted by atomic mass is 10.0. The molecule has 12 heteroatoms. The fraction of sp³-hybridized carbons (Fsp3) is 0. The minimum Gasteiger partial charge on any atom is -0.457 e. The second-order valence-electron chi connectivity index (χ2n) is 19.8. The maximum Gasteiger partial charge on any atom is 0.193 e. The van der Waals surface area contributed by atoms with Crippen LogP contribution < -0.4 is 31.2 Å². The maximum absolute atomic E-state index is 14.1. The van der Waals surface area contributed by atoms with Crippen molar-refractivity contribution in [2.75, 3.05) is 0 Å². The van der Waals surface area contributed by atoms with Gasteiger partial charge in [0.25, 0.3) is 0 Å². The summed E-state index contributed by atoms with van der Waals surface area (Å²) in [6, 6.07) is 69.9. The first kappa shape index (κ1) is 51.7. The van der Waals surface area contributed by atoms with E-state index in [2.05, 4.69) is 0 Å². The average Bonchev–Trinajstić information content (AvgIpc) is 3.64. The number of ketones is 2. The summed E-state index contributed by atoms with van der Waals surface area (Å²) in [5, 5.41) is 3.17. The zero-order valence-corrected chi connectivity index (χ0v) is 44.1. The van der Waals surface area contributed by atoms with Crippen LogP contribution in [0, 0.1) is 0 Å². The highest BCUT2D eigenvalue weighted by Gasteiger charge is 2.15. The molecule has 19 aromatic rings. The van der Waals surface area contributed by atoms with Crippen LogP contribution in [-0.2, 0) is 0 Å². The van der Waals surface area contributed by atoms with Crippen molar-refractivity contribution >= 4 is 99.3 Å². The van der Waals surface area contributed by atoms with Crippen molar-refractivity contribution in [3.8, 4) is 23.0 Å². The second kappa shape index (κ2) is 22.1. The van der Waals surface area contributed by atoms with Crippen LogP contribution in [-0.4, -0.2) is 11.6 Å². The summed E-state index contributed by atoms with van der Waals surface area (Å²) in [4.78, 5) is 82.0. The van der Waals surface area contributed by atoms with Crippen LogP contribution >= 0.6 is 0 Å². The molecule has 0 N–H and O–H groups in total. The molecule has 16 bridgehead atoms. The van der Waals surface area contributed by atoms with Crippen LogP contribution in [0.5, 0.6) is 23.0 Å². The highest BCUT2D eigenvalue weighted by Crippen LogP contribution is 2.29. The number of hydrogen-bond donors (Lipinski definition) is 0. The molecule has 0 saturated heterocycles. The third-order valence-corrected chi connectivity index (χ3v) is 14.0. The van der Waals surface area contributed by atoms with Gasteiger partial charge in [-0.15, -0.1) is 0 Å². The molecule has 0 amide bonds. The summed E-state index contributed by atoms with van der Waals surface area (Å²) in [5.41, 5.74) is 3.35. The molecule has 0 aliphatic rings. The number of carbonyl (C=O) groups excluding carboxylic acids is 2. The van der Waals surface area contributed by atoms with Gasteiger partial charge in [0.05, 0.1) is 0 Å². The standard InChI is InChI=1S/C72H42O12/c73-67-43-7-23-57(24-8-43)81-63-37-53(38-64(41-63)82-58-25-9-44(10-26-58)68(74)50-4-1-3-49(67)35-50)71(77)47-15-19-55(20-16-47)79-61-31-33-62(34-32-61)80-56-21-17-48(18-22-56)72(78)54-39-65-42-66(40-54)84-60-29-13-46(14-30-60)70(76)52-6-2-5-51(36-52)69(75)45-11-27-59(83-65)28-12-45/h1-42H. The predicted molar refractivity (Wildman–Crippen MR) is 326 cm³/mol. The topological polar surface area (TPSA) is 173 Å². The summed E-state index contributed by atoms with van der Waals surface area (Å²) in [6.45, 7) is 0. The number of hydrogen-bond acceptors (Lipinski definition) is 12. The minimum absolute atomic E-state index is 0.244. The van der Waals surface area contributed by atoms with Crippen molar-refractivity contribution in [2.45, 2.75) is 0 Å². The Hall–Kier alpha value is -11.8. The molecule has 0 unspecified atom stereocenters. The Balaban J connectivity index is 0.719. The number of carbonyl (C=O) groups is 2. The minimum atomic E-state index is -0.307. The monoisotopic (exact) mass is 1100 g/mol. The Morgan fingerprint density at radius 3 is 0.714 bits per heavy atom. The van der Waals surface area contributed by atoms with E-state index in [1.807, 2.05) is 0 Å². The van der Waals surface area contributed by atoms with Crippen molar-refractivity contribution in [3.63, 3.8) is 0 Å². The molecule has 12 nitrogen and oxygen atoms in total. The fourth-order valence-corrected chi connectivity index (χ4v) is 9.68. The fourth-order valence-electron chi connectivity index (χ4n) is 9.68. The first-order chi connectivity index (χ1) is 41.0. The van der Waals surface area contributed by atoms with Crippen LogP contribution in [0.4, 0.5) is 0 Å². The Kier molecular flexibility index (Phi) is 13.6. The van der Waals surface area contributed by atoms with Gasteiger partial charge in [0.1, 0.15) is 67.7 Å². The third-order valence-electron chi connectivity index (χ3n) is 14.0. The van der Waals surface area contributed by atoms with E-state index in [0.29, 0.717) is 122 Å². The normalized spacial score (nSPS) is 11.1. The molecular weight excluding hydrogens is 1060 g/mol. The van der Waals surface area contributed by atoms with Gasteiger partial charge in [0.2, 0.25) is 0 Å². The Labute approximate surface area is 474 Å². The van der Waals surface area contributed by atoms with Gasteiger partial charge in [-0.1, -0.05) is 36.4 Å². The van der Waals surface area contributed by atoms with E-state index in [9.17, 15) is 28.8 Å². The van der Waals surface area contributed by atoms with Crippen molar-refractivity contribution in [3.05, 3.63) is 318 Å². The molecule has 8 heterocycles. The number of benzene rings is 11. The van der Waals surface area contributed by atoms with E-state index < -0.39 is 0 Å². The van der Waals surface area contributed by atoms with E-state index in [0.717, 1.165) is 0 Å². The first-order valence-corrected chi connectivity index (χ1v) is 26.5. The lowest BCUT2D eigenvalue weighted by molar-refractivity contribution is 0.103. The molecule has 0 radical (unpaired) electrons. The second-order valence-corrected chi connectivity index (χ2v) is 19.8. The maximum atomic E-state index is 14.1. The lowest BCUT2D eigenvalue weighted by Gasteiger charge is -2.09. The molecule has 0 saturated carbocycles. The summed E-state index contributed by atoms with van der Waals surface area (Å²) < 4.78 is 37.2. The molecule has 19 rings (SSSR count). The van der Waals surface area contributed by atoms with Gasteiger partial charge in [0.15, 0.2) is 33.3 Å².